The van der Waals surface area contributed by atoms with Crippen LogP contribution >= 0.6 is 11.6 Å². The van der Waals surface area contributed by atoms with Crippen molar-refractivity contribution in [3.05, 3.63) is 64.9 Å². The van der Waals surface area contributed by atoms with Crippen LogP contribution in [0.1, 0.15) is 24.5 Å². The monoisotopic (exact) mass is 348 g/mol. The van der Waals surface area contributed by atoms with E-state index in [1.807, 2.05) is 6.07 Å². The van der Waals surface area contributed by atoms with Crippen molar-refractivity contribution in [2.24, 2.45) is 0 Å². The third-order valence-corrected chi connectivity index (χ3v) is 4.85. The largest absolute Gasteiger partial charge is 0.387 e. The summed E-state index contributed by atoms with van der Waals surface area (Å²) in [7, 11) is 0. The highest BCUT2D eigenvalue weighted by atomic mass is 35.5. The number of hydrogen-bond donors (Lipinski definition) is 2. The Hall–Kier alpha value is -1.62. The second kappa shape index (κ2) is 7.97. The SMILES string of the molecule is OC(CNC1CCN(c2ccccc2)CC1)c1ccc(Cl)c(F)c1. The molecule has 24 heavy (non-hydrogen) atoms. The van der Waals surface area contributed by atoms with Crippen LogP contribution in [-0.2, 0) is 0 Å². The van der Waals surface area contributed by atoms with E-state index in [1.54, 1.807) is 6.07 Å². The number of benzene rings is 2. The molecule has 0 aromatic heterocycles. The van der Waals surface area contributed by atoms with Crippen LogP contribution in [0.15, 0.2) is 48.5 Å². The Kier molecular flexibility index (Phi) is 5.72. The maximum atomic E-state index is 13.5. The van der Waals surface area contributed by atoms with E-state index in [2.05, 4.69) is 34.5 Å². The maximum absolute atomic E-state index is 13.5. The average molecular weight is 349 g/mol. The van der Waals surface area contributed by atoms with Crippen molar-refractivity contribution in [1.82, 2.24) is 5.32 Å². The lowest BCUT2D eigenvalue weighted by atomic mass is 10.0. The van der Waals surface area contributed by atoms with Crippen LogP contribution in [0.5, 0.6) is 0 Å². The first-order valence-corrected chi connectivity index (χ1v) is 8.67. The third-order valence-electron chi connectivity index (χ3n) is 4.54. The van der Waals surface area contributed by atoms with Gasteiger partial charge in [-0.15, -0.1) is 0 Å². The first-order valence-electron chi connectivity index (χ1n) is 8.30. The fourth-order valence-corrected chi connectivity index (χ4v) is 3.21. The number of nitrogens with zero attached hydrogens (tertiary/aromatic N) is 1. The molecule has 0 radical (unpaired) electrons. The Morgan fingerprint density at radius 2 is 1.88 bits per heavy atom. The first kappa shape index (κ1) is 17.2. The van der Waals surface area contributed by atoms with Gasteiger partial charge in [0.2, 0.25) is 0 Å². The van der Waals surface area contributed by atoms with E-state index in [4.69, 9.17) is 11.6 Å². The molecule has 1 saturated heterocycles. The number of aliphatic hydroxyl groups is 1. The second-order valence-electron chi connectivity index (χ2n) is 6.19. The summed E-state index contributed by atoms with van der Waals surface area (Å²) in [6.45, 7) is 2.40. The molecule has 5 heteroatoms. The normalized spacial score (nSPS) is 17.0. The summed E-state index contributed by atoms with van der Waals surface area (Å²) in [6.07, 6.45) is 1.32. The molecule has 0 saturated carbocycles. The van der Waals surface area contributed by atoms with Gasteiger partial charge in [0.05, 0.1) is 11.1 Å². The quantitative estimate of drug-likeness (QED) is 0.863. The van der Waals surface area contributed by atoms with Gasteiger partial charge in [0, 0.05) is 31.4 Å². The minimum absolute atomic E-state index is 0.0761. The number of anilines is 1. The molecular formula is C19H22ClFN2O. The summed E-state index contributed by atoms with van der Waals surface area (Å²) >= 11 is 5.67. The molecule has 128 valence electrons. The predicted octanol–water partition coefficient (Wildman–Crippen LogP) is 3.77. The van der Waals surface area contributed by atoms with Gasteiger partial charge in [0.15, 0.2) is 0 Å². The number of nitrogens with one attached hydrogen (secondary N) is 1. The van der Waals surface area contributed by atoms with Gasteiger partial charge in [-0.1, -0.05) is 35.9 Å². The zero-order chi connectivity index (χ0) is 16.9. The molecule has 0 amide bonds. The molecule has 1 fully saturated rings. The molecule has 0 spiro atoms. The number of aliphatic hydroxyl groups excluding tert-OH is 1. The standard InChI is InChI=1S/C19H22ClFN2O/c20-17-7-6-14(12-18(17)21)19(24)13-22-15-8-10-23(11-9-15)16-4-2-1-3-5-16/h1-7,12,15,19,22,24H,8-11,13H2. The summed E-state index contributed by atoms with van der Waals surface area (Å²) in [5, 5.41) is 13.7. The van der Waals surface area contributed by atoms with Gasteiger partial charge in [0.25, 0.3) is 0 Å². The maximum Gasteiger partial charge on any atom is 0.142 e. The van der Waals surface area contributed by atoms with Gasteiger partial charge in [-0.25, -0.2) is 4.39 Å². The molecule has 2 aromatic rings. The Bertz CT molecular complexity index is 660. The number of rotatable bonds is 5. The van der Waals surface area contributed by atoms with Crippen LogP contribution in [0.3, 0.4) is 0 Å². The highest BCUT2D eigenvalue weighted by Crippen LogP contribution is 2.22. The van der Waals surface area contributed by atoms with Gasteiger partial charge >= 0.3 is 0 Å². The molecule has 0 bridgehead atoms. The zero-order valence-corrected chi connectivity index (χ0v) is 14.2. The fraction of sp³-hybridized carbons (Fsp3) is 0.368. The molecule has 1 atom stereocenters. The number of para-hydroxylation sites is 1. The highest BCUT2D eigenvalue weighted by molar-refractivity contribution is 6.30. The van der Waals surface area contributed by atoms with Crippen LogP contribution in [-0.4, -0.2) is 30.8 Å². The van der Waals surface area contributed by atoms with E-state index >= 15 is 0 Å². The second-order valence-corrected chi connectivity index (χ2v) is 6.60. The summed E-state index contributed by atoms with van der Waals surface area (Å²) in [5.41, 5.74) is 1.80. The van der Waals surface area contributed by atoms with Gasteiger partial charge in [0.1, 0.15) is 5.82 Å². The van der Waals surface area contributed by atoms with E-state index in [0.29, 0.717) is 18.2 Å². The van der Waals surface area contributed by atoms with Crippen LogP contribution in [0.25, 0.3) is 0 Å². The van der Waals surface area contributed by atoms with E-state index < -0.39 is 11.9 Å². The lowest BCUT2D eigenvalue weighted by Gasteiger charge is -2.34. The molecular weight excluding hydrogens is 327 g/mol. The van der Waals surface area contributed by atoms with Gasteiger partial charge < -0.3 is 15.3 Å². The van der Waals surface area contributed by atoms with E-state index in [0.717, 1.165) is 25.9 Å². The predicted molar refractivity (Wildman–Crippen MR) is 96.0 cm³/mol. The topological polar surface area (TPSA) is 35.5 Å². The molecule has 3 rings (SSSR count). The average Bonchev–Trinajstić information content (AvgIpc) is 2.63. The number of piperidine rings is 1. The lowest BCUT2D eigenvalue weighted by Crippen LogP contribution is -2.43. The molecule has 1 heterocycles. The summed E-state index contributed by atoms with van der Waals surface area (Å²) < 4.78 is 13.5. The van der Waals surface area contributed by atoms with Gasteiger partial charge in [-0.3, -0.25) is 0 Å². The first-order chi connectivity index (χ1) is 11.6. The van der Waals surface area contributed by atoms with Crippen LogP contribution in [0, 0.1) is 5.82 Å². The Labute approximate surface area is 147 Å². The minimum Gasteiger partial charge on any atom is -0.387 e. The van der Waals surface area contributed by atoms with Gasteiger partial charge in [-0.2, -0.15) is 0 Å². The summed E-state index contributed by atoms with van der Waals surface area (Å²) in [6, 6.07) is 15.2. The van der Waals surface area contributed by atoms with Crippen molar-refractivity contribution < 1.29 is 9.50 Å². The van der Waals surface area contributed by atoms with Crippen LogP contribution in [0.2, 0.25) is 5.02 Å². The van der Waals surface area contributed by atoms with Gasteiger partial charge in [-0.05, 0) is 42.7 Å². The Morgan fingerprint density at radius 1 is 1.17 bits per heavy atom. The number of halogens is 2. The molecule has 1 aliphatic heterocycles. The van der Waals surface area contributed by atoms with Crippen molar-refractivity contribution in [2.45, 2.75) is 25.0 Å². The summed E-state index contributed by atoms with van der Waals surface area (Å²) in [5.74, 6) is -0.496. The zero-order valence-electron chi connectivity index (χ0n) is 13.5. The molecule has 2 N–H and O–H groups in total. The fourth-order valence-electron chi connectivity index (χ4n) is 3.10. The van der Waals surface area contributed by atoms with E-state index in [1.165, 1.54) is 17.8 Å². The van der Waals surface area contributed by atoms with E-state index in [9.17, 15) is 9.50 Å². The molecule has 1 aliphatic rings. The van der Waals surface area contributed by atoms with E-state index in [-0.39, 0.29) is 5.02 Å². The van der Waals surface area contributed by atoms with Crippen molar-refractivity contribution in [3.8, 4) is 0 Å². The lowest BCUT2D eigenvalue weighted by molar-refractivity contribution is 0.167. The molecule has 2 aromatic carbocycles. The molecule has 1 unspecified atom stereocenters. The third kappa shape index (κ3) is 4.26. The van der Waals surface area contributed by atoms with Crippen molar-refractivity contribution in [3.63, 3.8) is 0 Å². The molecule has 0 aliphatic carbocycles. The van der Waals surface area contributed by atoms with Crippen molar-refractivity contribution in [1.29, 1.82) is 0 Å². The highest BCUT2D eigenvalue weighted by Gasteiger charge is 2.20. The van der Waals surface area contributed by atoms with Crippen molar-refractivity contribution in [2.75, 3.05) is 24.5 Å². The van der Waals surface area contributed by atoms with Crippen molar-refractivity contribution >= 4 is 17.3 Å². The van der Waals surface area contributed by atoms with Crippen LogP contribution in [0.4, 0.5) is 10.1 Å². The van der Waals surface area contributed by atoms with Crippen LogP contribution < -0.4 is 10.2 Å². The summed E-state index contributed by atoms with van der Waals surface area (Å²) in [4.78, 5) is 2.38. The minimum atomic E-state index is -0.732. The Morgan fingerprint density at radius 3 is 2.54 bits per heavy atom. The number of hydrogen-bond acceptors (Lipinski definition) is 3. The Balaban J connectivity index is 1.47. The smallest absolute Gasteiger partial charge is 0.142 e. The molecule has 3 nitrogen and oxygen atoms in total.